The Morgan fingerprint density at radius 3 is 1.45 bits per heavy atom. The SMILES string of the molecule is Fc1ccc(-c2cc(-c3cc4ccccc4c4ccccc34)c3cc4cc(-c5ccc(OC(F)(F)F)cc5)ccc4c(-c4cc5ccccc5c5ccccc45)c3c2)cc1. The largest absolute Gasteiger partial charge is 0.573 e. The van der Waals surface area contributed by atoms with Gasteiger partial charge in [-0.05, 0) is 170 Å². The molecule has 0 unspecified atom stereocenters. The molecule has 0 heterocycles. The summed E-state index contributed by atoms with van der Waals surface area (Å²) in [6, 6.07) is 64.1. The van der Waals surface area contributed by atoms with Crippen molar-refractivity contribution in [1.82, 2.24) is 0 Å². The highest BCUT2D eigenvalue weighted by Crippen LogP contribution is 2.48. The van der Waals surface area contributed by atoms with Crippen LogP contribution in [0.15, 0.2) is 194 Å². The molecule has 0 aliphatic rings. The molecule has 0 N–H and O–H groups in total. The fraction of sp³-hybridized carbons (Fsp3) is 0.0182. The molecule has 0 bridgehead atoms. The van der Waals surface area contributed by atoms with E-state index in [0.717, 1.165) is 104 Å². The van der Waals surface area contributed by atoms with Crippen molar-refractivity contribution in [2.45, 2.75) is 6.36 Å². The number of fused-ring (bicyclic) bond motifs is 8. The lowest BCUT2D eigenvalue weighted by Gasteiger charge is -2.21. The second-order valence-corrected chi connectivity index (χ2v) is 15.3. The zero-order valence-corrected chi connectivity index (χ0v) is 31.9. The van der Waals surface area contributed by atoms with Gasteiger partial charge in [0.15, 0.2) is 0 Å². The summed E-state index contributed by atoms with van der Waals surface area (Å²) in [6.45, 7) is 0. The Balaban J connectivity index is 1.29. The van der Waals surface area contributed by atoms with E-state index in [1.807, 2.05) is 18.2 Å². The van der Waals surface area contributed by atoms with Crippen LogP contribution in [0, 0.1) is 5.82 Å². The first-order chi connectivity index (χ1) is 29.3. The second kappa shape index (κ2) is 13.8. The molecule has 0 radical (unpaired) electrons. The highest BCUT2D eigenvalue weighted by Gasteiger charge is 2.31. The lowest BCUT2D eigenvalue weighted by Crippen LogP contribution is -2.16. The number of hydrogen-bond acceptors (Lipinski definition) is 1. The predicted molar refractivity (Wildman–Crippen MR) is 240 cm³/mol. The molecule has 0 aromatic heterocycles. The van der Waals surface area contributed by atoms with Gasteiger partial charge in [-0.3, -0.25) is 0 Å². The summed E-state index contributed by atoms with van der Waals surface area (Å²) in [7, 11) is 0. The van der Waals surface area contributed by atoms with Crippen molar-refractivity contribution in [3.63, 3.8) is 0 Å². The Hall–Kier alpha value is -7.50. The van der Waals surface area contributed by atoms with Crippen LogP contribution in [0.3, 0.4) is 0 Å². The van der Waals surface area contributed by atoms with Crippen LogP contribution in [-0.4, -0.2) is 6.36 Å². The maximum Gasteiger partial charge on any atom is 0.573 e. The first-order valence-electron chi connectivity index (χ1n) is 19.7. The monoisotopic (exact) mass is 784 g/mol. The summed E-state index contributed by atoms with van der Waals surface area (Å²) >= 11 is 0. The molecule has 0 aliphatic carbocycles. The predicted octanol–water partition coefficient (Wildman–Crippen LogP) is 16.3. The zero-order valence-electron chi connectivity index (χ0n) is 31.9. The summed E-state index contributed by atoms with van der Waals surface area (Å²) < 4.78 is 57.8. The molecule has 11 aromatic rings. The molecule has 60 heavy (non-hydrogen) atoms. The van der Waals surface area contributed by atoms with E-state index in [0.29, 0.717) is 0 Å². The van der Waals surface area contributed by atoms with Gasteiger partial charge in [-0.15, -0.1) is 13.2 Å². The summed E-state index contributed by atoms with van der Waals surface area (Å²) in [5.74, 6) is -0.569. The van der Waals surface area contributed by atoms with Gasteiger partial charge in [0.25, 0.3) is 0 Å². The van der Waals surface area contributed by atoms with Crippen molar-refractivity contribution >= 4 is 64.6 Å². The van der Waals surface area contributed by atoms with Crippen LogP contribution in [0.25, 0.3) is 109 Å². The van der Waals surface area contributed by atoms with Crippen LogP contribution in [0.5, 0.6) is 5.75 Å². The third kappa shape index (κ3) is 6.09. The Labute approximate surface area is 342 Å². The zero-order chi connectivity index (χ0) is 40.5. The lowest BCUT2D eigenvalue weighted by molar-refractivity contribution is -0.274. The molecule has 0 amide bonds. The molecule has 0 saturated heterocycles. The molecular weight excluding hydrogens is 753 g/mol. The molecule has 0 spiro atoms. The summed E-state index contributed by atoms with van der Waals surface area (Å²) in [4.78, 5) is 0. The van der Waals surface area contributed by atoms with Crippen LogP contribution in [-0.2, 0) is 0 Å². The number of benzene rings is 11. The minimum Gasteiger partial charge on any atom is -0.406 e. The number of alkyl halides is 3. The molecule has 1 nitrogen and oxygen atoms in total. The van der Waals surface area contributed by atoms with E-state index >= 15 is 0 Å². The van der Waals surface area contributed by atoms with Gasteiger partial charge in [-0.25, -0.2) is 4.39 Å². The van der Waals surface area contributed by atoms with Crippen LogP contribution >= 0.6 is 0 Å². The lowest BCUT2D eigenvalue weighted by atomic mass is 9.82. The van der Waals surface area contributed by atoms with E-state index in [1.54, 1.807) is 12.1 Å². The van der Waals surface area contributed by atoms with Gasteiger partial charge in [-0.1, -0.05) is 133 Å². The summed E-state index contributed by atoms with van der Waals surface area (Å²) in [6.07, 6.45) is -4.78. The molecule has 0 saturated carbocycles. The Kier molecular flexibility index (Phi) is 8.21. The number of halogens is 4. The molecule has 0 atom stereocenters. The van der Waals surface area contributed by atoms with Gasteiger partial charge in [0, 0.05) is 0 Å². The van der Waals surface area contributed by atoms with E-state index in [1.165, 1.54) is 29.7 Å². The van der Waals surface area contributed by atoms with Crippen molar-refractivity contribution in [1.29, 1.82) is 0 Å². The van der Waals surface area contributed by atoms with Gasteiger partial charge >= 0.3 is 6.36 Å². The quantitative estimate of drug-likeness (QED) is 0.0959. The van der Waals surface area contributed by atoms with Crippen LogP contribution in [0.4, 0.5) is 17.6 Å². The summed E-state index contributed by atoms with van der Waals surface area (Å²) in [5, 5.41) is 13.1. The molecule has 0 fully saturated rings. The maximum absolute atomic E-state index is 14.4. The smallest absolute Gasteiger partial charge is 0.406 e. The fourth-order valence-corrected chi connectivity index (χ4v) is 9.11. The normalized spacial score (nSPS) is 12.0. The number of hydrogen-bond donors (Lipinski definition) is 0. The van der Waals surface area contributed by atoms with Gasteiger partial charge < -0.3 is 4.74 Å². The van der Waals surface area contributed by atoms with E-state index < -0.39 is 6.36 Å². The topological polar surface area (TPSA) is 9.23 Å². The first-order valence-corrected chi connectivity index (χ1v) is 19.7. The van der Waals surface area contributed by atoms with E-state index in [-0.39, 0.29) is 11.6 Å². The average Bonchev–Trinajstić information content (AvgIpc) is 3.27. The molecule has 11 rings (SSSR count). The van der Waals surface area contributed by atoms with Crippen molar-refractivity contribution in [3.05, 3.63) is 200 Å². The van der Waals surface area contributed by atoms with Gasteiger partial charge in [-0.2, -0.15) is 0 Å². The third-order valence-electron chi connectivity index (χ3n) is 11.8. The fourth-order valence-electron chi connectivity index (χ4n) is 9.11. The molecule has 5 heteroatoms. The van der Waals surface area contributed by atoms with Crippen molar-refractivity contribution in [3.8, 4) is 50.3 Å². The van der Waals surface area contributed by atoms with Gasteiger partial charge in [0.1, 0.15) is 11.6 Å². The van der Waals surface area contributed by atoms with E-state index in [9.17, 15) is 17.6 Å². The van der Waals surface area contributed by atoms with E-state index in [2.05, 4.69) is 144 Å². The van der Waals surface area contributed by atoms with E-state index in [4.69, 9.17) is 0 Å². The maximum atomic E-state index is 14.4. The average molecular weight is 785 g/mol. The standard InChI is InChI=1S/C55H32F4O/c56-40-22-17-34(18-23-40)38-30-50(49-28-36-9-1-3-11-42(36)45-13-5-7-15-47(45)49)51-32-39-27-35(33-19-24-41(25-20-33)60-55(57,58)59)21-26-44(39)54(53(51)31-38)52-29-37-10-2-4-12-43(37)46-14-6-8-16-48(46)52/h1-32H. The van der Waals surface area contributed by atoms with Crippen LogP contribution < -0.4 is 4.74 Å². The minimum atomic E-state index is -4.78. The highest BCUT2D eigenvalue weighted by atomic mass is 19.4. The van der Waals surface area contributed by atoms with Crippen molar-refractivity contribution in [2.24, 2.45) is 0 Å². The third-order valence-corrected chi connectivity index (χ3v) is 11.8. The van der Waals surface area contributed by atoms with Crippen LogP contribution in [0.1, 0.15) is 0 Å². The Bertz CT molecular complexity index is 3500. The molecule has 11 aromatic carbocycles. The minimum absolute atomic E-state index is 0.271. The number of ether oxygens (including phenoxy) is 1. The van der Waals surface area contributed by atoms with Crippen molar-refractivity contribution in [2.75, 3.05) is 0 Å². The number of rotatable bonds is 5. The van der Waals surface area contributed by atoms with Crippen molar-refractivity contribution < 1.29 is 22.3 Å². The summed E-state index contributed by atoms with van der Waals surface area (Å²) in [5.41, 5.74) is 7.70. The first kappa shape index (κ1) is 35.6. The van der Waals surface area contributed by atoms with Crippen LogP contribution in [0.2, 0.25) is 0 Å². The molecule has 0 aliphatic heterocycles. The molecular formula is C55H32F4O. The highest BCUT2D eigenvalue weighted by molar-refractivity contribution is 6.25. The Morgan fingerprint density at radius 2 is 0.817 bits per heavy atom. The molecule has 286 valence electrons. The second-order valence-electron chi connectivity index (χ2n) is 15.3. The van der Waals surface area contributed by atoms with Gasteiger partial charge in [0.05, 0.1) is 0 Å². The Morgan fingerprint density at radius 1 is 0.317 bits per heavy atom. The van der Waals surface area contributed by atoms with Gasteiger partial charge in [0.2, 0.25) is 0 Å².